The van der Waals surface area contributed by atoms with Gasteiger partial charge in [-0.25, -0.2) is 9.78 Å². The van der Waals surface area contributed by atoms with Crippen LogP contribution < -0.4 is 4.74 Å². The van der Waals surface area contributed by atoms with E-state index in [1.165, 1.54) is 6.20 Å². The number of methoxy groups -OCH3 is 1. The summed E-state index contributed by atoms with van der Waals surface area (Å²) >= 11 is 6.02. The van der Waals surface area contributed by atoms with Gasteiger partial charge >= 0.3 is 5.97 Å². The van der Waals surface area contributed by atoms with Crippen LogP contribution in [0.2, 0.25) is 5.15 Å². The third kappa shape index (κ3) is 2.24. The smallest absolute Gasteiger partial charge is 0.340 e. The number of carbonyl (C=O) groups excluding carboxylic acids is 1. The number of carbonyl (C=O) groups is 1. The summed E-state index contributed by atoms with van der Waals surface area (Å²) in [5.41, 5.74) is 0.402. The van der Waals surface area contributed by atoms with E-state index in [-0.39, 0.29) is 0 Å². The van der Waals surface area contributed by atoms with Gasteiger partial charge in [-0.15, -0.1) is 0 Å². The Morgan fingerprint density at radius 3 is 2.83 bits per heavy atom. The second-order valence-electron chi connectivity index (χ2n) is 3.59. The number of pyridine rings is 1. The van der Waals surface area contributed by atoms with E-state index in [0.29, 0.717) is 33.8 Å². The molecule has 2 aromatic rings. The van der Waals surface area contributed by atoms with E-state index in [0.717, 1.165) is 0 Å². The fraction of sp³-hybridized carbons (Fsp3) is 0.231. The molecule has 1 aromatic heterocycles. The van der Waals surface area contributed by atoms with Gasteiger partial charge in [0, 0.05) is 17.0 Å². The second kappa shape index (κ2) is 5.23. The molecule has 0 aliphatic heterocycles. The Morgan fingerprint density at radius 2 is 2.17 bits per heavy atom. The molecule has 0 N–H and O–H groups in total. The highest BCUT2D eigenvalue weighted by Gasteiger charge is 2.14. The van der Waals surface area contributed by atoms with Gasteiger partial charge in [0.05, 0.1) is 19.3 Å². The molecule has 0 aliphatic rings. The van der Waals surface area contributed by atoms with Crippen molar-refractivity contribution in [2.24, 2.45) is 0 Å². The first-order valence-corrected chi connectivity index (χ1v) is 5.84. The van der Waals surface area contributed by atoms with Crippen LogP contribution in [0.3, 0.4) is 0 Å². The summed E-state index contributed by atoms with van der Waals surface area (Å²) in [6.07, 6.45) is 1.43. The summed E-state index contributed by atoms with van der Waals surface area (Å²) in [5.74, 6) is 0.254. The summed E-state index contributed by atoms with van der Waals surface area (Å²) in [6, 6.07) is 5.28. The van der Waals surface area contributed by atoms with Crippen LogP contribution in [-0.4, -0.2) is 24.7 Å². The molecule has 0 amide bonds. The zero-order valence-corrected chi connectivity index (χ0v) is 10.8. The van der Waals surface area contributed by atoms with Crippen molar-refractivity contribution in [3.8, 4) is 5.75 Å². The third-order valence-corrected chi connectivity index (χ3v) is 2.84. The molecule has 0 atom stereocenters. The molecule has 94 valence electrons. The number of rotatable bonds is 3. The molecule has 2 rings (SSSR count). The molecule has 5 heteroatoms. The van der Waals surface area contributed by atoms with Crippen molar-refractivity contribution in [1.29, 1.82) is 0 Å². The molecule has 0 saturated heterocycles. The lowest BCUT2D eigenvalue weighted by Gasteiger charge is -2.08. The maximum Gasteiger partial charge on any atom is 0.340 e. The van der Waals surface area contributed by atoms with Crippen LogP contribution in [0.1, 0.15) is 17.3 Å². The van der Waals surface area contributed by atoms with E-state index in [4.69, 9.17) is 21.1 Å². The molecule has 4 nitrogen and oxygen atoms in total. The molecule has 1 aromatic carbocycles. The lowest BCUT2D eigenvalue weighted by molar-refractivity contribution is 0.0528. The highest BCUT2D eigenvalue weighted by atomic mass is 35.5. The number of ether oxygens (including phenoxy) is 2. The number of nitrogens with zero attached hydrogens (tertiary/aromatic N) is 1. The molecule has 0 fully saturated rings. The minimum absolute atomic E-state index is 0.319. The van der Waals surface area contributed by atoms with Crippen LogP contribution in [0.4, 0.5) is 0 Å². The SMILES string of the molecule is CCOC(=O)c1cnc(Cl)c2cc(OC)ccc12. The van der Waals surface area contributed by atoms with Crippen LogP contribution in [0.5, 0.6) is 5.75 Å². The zero-order chi connectivity index (χ0) is 13.1. The van der Waals surface area contributed by atoms with Crippen molar-refractivity contribution >= 4 is 28.3 Å². The average Bonchev–Trinajstić information content (AvgIpc) is 2.39. The standard InChI is InChI=1S/C13H12ClNO3/c1-3-18-13(16)11-7-15-12(14)10-6-8(17-2)4-5-9(10)11/h4-7H,3H2,1-2H3. The average molecular weight is 266 g/mol. The van der Waals surface area contributed by atoms with Crippen molar-refractivity contribution < 1.29 is 14.3 Å². The summed E-state index contributed by atoms with van der Waals surface area (Å²) in [7, 11) is 1.57. The zero-order valence-electron chi connectivity index (χ0n) is 10.1. The predicted molar refractivity (Wildman–Crippen MR) is 69.3 cm³/mol. The van der Waals surface area contributed by atoms with E-state index in [1.807, 2.05) is 0 Å². The van der Waals surface area contributed by atoms with Gasteiger partial charge in [0.1, 0.15) is 10.9 Å². The Kier molecular flexibility index (Phi) is 3.67. The first-order valence-electron chi connectivity index (χ1n) is 5.46. The number of fused-ring (bicyclic) bond motifs is 1. The van der Waals surface area contributed by atoms with E-state index in [1.54, 1.807) is 32.2 Å². The largest absolute Gasteiger partial charge is 0.497 e. The van der Waals surface area contributed by atoms with Crippen molar-refractivity contribution in [2.45, 2.75) is 6.92 Å². The van der Waals surface area contributed by atoms with Crippen LogP contribution in [0, 0.1) is 0 Å². The number of halogens is 1. The number of benzene rings is 1. The van der Waals surface area contributed by atoms with Gasteiger partial charge in [-0.2, -0.15) is 0 Å². The summed E-state index contributed by atoms with van der Waals surface area (Å²) in [6.45, 7) is 2.07. The van der Waals surface area contributed by atoms with Gasteiger partial charge in [0.25, 0.3) is 0 Å². The summed E-state index contributed by atoms with van der Waals surface area (Å²) < 4.78 is 10.1. The maximum absolute atomic E-state index is 11.8. The molecular formula is C13H12ClNO3. The Labute approximate surface area is 109 Å². The molecule has 0 spiro atoms. The lowest BCUT2D eigenvalue weighted by atomic mass is 10.1. The highest BCUT2D eigenvalue weighted by molar-refractivity contribution is 6.34. The van der Waals surface area contributed by atoms with E-state index in [9.17, 15) is 4.79 Å². The van der Waals surface area contributed by atoms with Gasteiger partial charge in [0.15, 0.2) is 0 Å². The third-order valence-electron chi connectivity index (χ3n) is 2.54. The first-order chi connectivity index (χ1) is 8.67. The van der Waals surface area contributed by atoms with Crippen LogP contribution in [0.25, 0.3) is 10.8 Å². The van der Waals surface area contributed by atoms with Crippen molar-refractivity contribution in [1.82, 2.24) is 4.98 Å². The summed E-state index contributed by atoms with van der Waals surface area (Å²) in [4.78, 5) is 15.8. The van der Waals surface area contributed by atoms with Crippen molar-refractivity contribution in [2.75, 3.05) is 13.7 Å². The highest BCUT2D eigenvalue weighted by Crippen LogP contribution is 2.28. The Bertz CT molecular complexity index is 598. The number of aromatic nitrogens is 1. The van der Waals surface area contributed by atoms with Gasteiger partial charge in [-0.1, -0.05) is 11.6 Å². The van der Waals surface area contributed by atoms with Gasteiger partial charge in [-0.3, -0.25) is 0 Å². The van der Waals surface area contributed by atoms with Crippen molar-refractivity contribution in [3.05, 3.63) is 35.1 Å². The first kappa shape index (κ1) is 12.6. The Balaban J connectivity index is 2.63. The van der Waals surface area contributed by atoms with Gasteiger partial charge in [0.2, 0.25) is 0 Å². The van der Waals surface area contributed by atoms with E-state index >= 15 is 0 Å². The maximum atomic E-state index is 11.8. The Morgan fingerprint density at radius 1 is 1.39 bits per heavy atom. The molecular weight excluding hydrogens is 254 g/mol. The molecule has 0 aliphatic carbocycles. The molecule has 0 bridgehead atoms. The molecule has 18 heavy (non-hydrogen) atoms. The predicted octanol–water partition coefficient (Wildman–Crippen LogP) is 3.07. The normalized spacial score (nSPS) is 10.4. The molecule has 0 unspecified atom stereocenters. The second-order valence-corrected chi connectivity index (χ2v) is 3.95. The van der Waals surface area contributed by atoms with Crippen molar-refractivity contribution in [3.63, 3.8) is 0 Å². The van der Waals surface area contributed by atoms with Crippen LogP contribution >= 0.6 is 11.6 Å². The van der Waals surface area contributed by atoms with Crippen LogP contribution in [0.15, 0.2) is 24.4 Å². The summed E-state index contributed by atoms with van der Waals surface area (Å²) in [5, 5.41) is 1.70. The topological polar surface area (TPSA) is 48.4 Å². The van der Waals surface area contributed by atoms with E-state index < -0.39 is 5.97 Å². The fourth-order valence-electron chi connectivity index (χ4n) is 1.69. The minimum Gasteiger partial charge on any atom is -0.497 e. The number of esters is 1. The van der Waals surface area contributed by atoms with Gasteiger partial charge in [-0.05, 0) is 25.1 Å². The molecule has 1 heterocycles. The monoisotopic (exact) mass is 265 g/mol. The van der Waals surface area contributed by atoms with Crippen LogP contribution in [-0.2, 0) is 4.74 Å². The fourth-order valence-corrected chi connectivity index (χ4v) is 1.89. The number of hydrogen-bond donors (Lipinski definition) is 0. The molecule has 0 radical (unpaired) electrons. The minimum atomic E-state index is -0.406. The van der Waals surface area contributed by atoms with E-state index in [2.05, 4.69) is 4.98 Å². The van der Waals surface area contributed by atoms with Gasteiger partial charge < -0.3 is 9.47 Å². The Hall–Kier alpha value is -1.81. The quantitative estimate of drug-likeness (QED) is 0.632. The number of hydrogen-bond acceptors (Lipinski definition) is 4. The lowest BCUT2D eigenvalue weighted by Crippen LogP contribution is -2.06. The molecule has 0 saturated carbocycles.